The molecule has 1 N–H and O–H groups in total. The largest absolute Gasteiger partial charge is 0.493 e. The Morgan fingerprint density at radius 1 is 1.11 bits per heavy atom. The molecule has 0 aliphatic carbocycles. The van der Waals surface area contributed by atoms with E-state index in [0.717, 1.165) is 23.5 Å². The summed E-state index contributed by atoms with van der Waals surface area (Å²) in [5.74, 6) is 1.81. The average molecular weight is 375 g/mol. The van der Waals surface area contributed by atoms with Crippen molar-refractivity contribution in [1.29, 1.82) is 0 Å². The van der Waals surface area contributed by atoms with E-state index in [1.165, 1.54) is 0 Å². The van der Waals surface area contributed by atoms with Crippen molar-refractivity contribution >= 4 is 5.91 Å². The van der Waals surface area contributed by atoms with Crippen LogP contribution in [0.15, 0.2) is 18.2 Å². The number of nitrogens with zero attached hydrogens (tertiary/aromatic N) is 2. The molecule has 0 spiro atoms. The standard InChI is InChI=1S/C20H29N3O4/c1-13(12-23-15(3)7-14(2)22-23)11-21-19(24)10-16-8-17(25-4)20(27-6)18(9-16)26-5/h7-9,13H,10-12H2,1-6H3,(H,21,24). The number of carbonyl (C=O) groups excluding carboxylic acids is 1. The van der Waals surface area contributed by atoms with Gasteiger partial charge in [0.05, 0.1) is 33.4 Å². The molecule has 0 aliphatic heterocycles. The molecule has 0 fully saturated rings. The van der Waals surface area contributed by atoms with E-state index in [9.17, 15) is 4.79 Å². The van der Waals surface area contributed by atoms with Gasteiger partial charge in [-0.1, -0.05) is 6.92 Å². The van der Waals surface area contributed by atoms with Gasteiger partial charge < -0.3 is 19.5 Å². The number of benzene rings is 1. The number of amides is 1. The lowest BCUT2D eigenvalue weighted by molar-refractivity contribution is -0.120. The highest BCUT2D eigenvalue weighted by Gasteiger charge is 2.15. The highest BCUT2D eigenvalue weighted by Crippen LogP contribution is 2.38. The second-order valence-electron chi connectivity index (χ2n) is 6.73. The summed E-state index contributed by atoms with van der Waals surface area (Å²) < 4.78 is 17.9. The molecule has 1 aromatic heterocycles. The fourth-order valence-corrected chi connectivity index (χ4v) is 2.99. The lowest BCUT2D eigenvalue weighted by atomic mass is 10.1. The summed E-state index contributed by atoms with van der Waals surface area (Å²) >= 11 is 0. The molecule has 27 heavy (non-hydrogen) atoms. The third kappa shape index (κ3) is 5.39. The van der Waals surface area contributed by atoms with Crippen molar-refractivity contribution in [3.8, 4) is 17.2 Å². The highest BCUT2D eigenvalue weighted by molar-refractivity contribution is 5.79. The molecule has 7 nitrogen and oxygen atoms in total. The van der Waals surface area contributed by atoms with Crippen LogP contribution in [0.4, 0.5) is 0 Å². The van der Waals surface area contributed by atoms with Crippen molar-refractivity contribution in [2.24, 2.45) is 5.92 Å². The first kappa shape index (κ1) is 20.6. The van der Waals surface area contributed by atoms with Gasteiger partial charge in [-0.2, -0.15) is 5.10 Å². The Morgan fingerprint density at radius 2 is 1.74 bits per heavy atom. The monoisotopic (exact) mass is 375 g/mol. The first-order valence-electron chi connectivity index (χ1n) is 8.94. The van der Waals surface area contributed by atoms with E-state index in [0.29, 0.717) is 23.8 Å². The number of nitrogens with one attached hydrogen (secondary N) is 1. The molecule has 0 saturated heterocycles. The summed E-state index contributed by atoms with van der Waals surface area (Å²) in [6, 6.07) is 5.64. The van der Waals surface area contributed by atoms with Crippen LogP contribution in [0.2, 0.25) is 0 Å². The Morgan fingerprint density at radius 3 is 2.22 bits per heavy atom. The zero-order chi connectivity index (χ0) is 20.0. The smallest absolute Gasteiger partial charge is 0.224 e. The van der Waals surface area contributed by atoms with Crippen LogP contribution in [0.3, 0.4) is 0 Å². The van der Waals surface area contributed by atoms with Crippen molar-refractivity contribution in [2.75, 3.05) is 27.9 Å². The second kappa shape index (κ2) is 9.30. The maximum absolute atomic E-state index is 12.3. The maximum atomic E-state index is 12.3. The quantitative estimate of drug-likeness (QED) is 0.729. The number of methoxy groups -OCH3 is 3. The predicted molar refractivity (Wildman–Crippen MR) is 104 cm³/mol. The summed E-state index contributed by atoms with van der Waals surface area (Å²) in [5.41, 5.74) is 2.93. The predicted octanol–water partition coefficient (Wildman–Crippen LogP) is 2.52. The molecule has 1 unspecified atom stereocenters. The van der Waals surface area contributed by atoms with Crippen molar-refractivity contribution in [1.82, 2.24) is 15.1 Å². The van der Waals surface area contributed by atoms with Crippen LogP contribution in [0, 0.1) is 19.8 Å². The number of aromatic nitrogens is 2. The molecule has 1 amide bonds. The zero-order valence-electron chi connectivity index (χ0n) is 17.0. The van der Waals surface area contributed by atoms with Crippen LogP contribution in [0.1, 0.15) is 23.9 Å². The molecule has 0 bridgehead atoms. The van der Waals surface area contributed by atoms with Crippen LogP contribution in [0.5, 0.6) is 17.2 Å². The first-order chi connectivity index (χ1) is 12.9. The topological polar surface area (TPSA) is 74.6 Å². The minimum Gasteiger partial charge on any atom is -0.493 e. The van der Waals surface area contributed by atoms with Gasteiger partial charge >= 0.3 is 0 Å². The number of hydrogen-bond donors (Lipinski definition) is 1. The van der Waals surface area contributed by atoms with E-state index in [1.54, 1.807) is 33.5 Å². The molecular weight excluding hydrogens is 346 g/mol. The molecule has 1 aromatic carbocycles. The van der Waals surface area contributed by atoms with E-state index in [4.69, 9.17) is 14.2 Å². The molecule has 2 aromatic rings. The Bertz CT molecular complexity index is 761. The Kier molecular flexibility index (Phi) is 7.10. The molecule has 0 aliphatic rings. The lowest BCUT2D eigenvalue weighted by Gasteiger charge is -2.15. The Balaban J connectivity index is 1.94. The van der Waals surface area contributed by atoms with Gasteiger partial charge in [-0.05, 0) is 43.5 Å². The number of aryl methyl sites for hydroxylation is 2. The van der Waals surface area contributed by atoms with Crippen LogP contribution >= 0.6 is 0 Å². The summed E-state index contributed by atoms with van der Waals surface area (Å²) in [5, 5.41) is 7.45. The summed E-state index contributed by atoms with van der Waals surface area (Å²) in [7, 11) is 4.67. The van der Waals surface area contributed by atoms with Crippen LogP contribution in [-0.2, 0) is 17.8 Å². The summed E-state index contributed by atoms with van der Waals surface area (Å²) in [6.45, 7) is 7.46. The lowest BCUT2D eigenvalue weighted by Crippen LogP contribution is -2.31. The minimum absolute atomic E-state index is 0.0514. The molecule has 7 heteroatoms. The third-order valence-corrected chi connectivity index (χ3v) is 4.32. The molecule has 1 heterocycles. The number of carbonyl (C=O) groups is 1. The van der Waals surface area contributed by atoms with E-state index >= 15 is 0 Å². The van der Waals surface area contributed by atoms with Gasteiger partial charge in [0.1, 0.15) is 0 Å². The van der Waals surface area contributed by atoms with Crippen molar-refractivity contribution in [3.05, 3.63) is 35.2 Å². The summed E-state index contributed by atoms with van der Waals surface area (Å²) in [6.07, 6.45) is 0.239. The fourth-order valence-electron chi connectivity index (χ4n) is 2.99. The van der Waals surface area contributed by atoms with Gasteiger partial charge in [0.25, 0.3) is 0 Å². The van der Waals surface area contributed by atoms with Crippen LogP contribution in [0.25, 0.3) is 0 Å². The molecular formula is C20H29N3O4. The second-order valence-corrected chi connectivity index (χ2v) is 6.73. The SMILES string of the molecule is COc1cc(CC(=O)NCC(C)Cn2nc(C)cc2C)cc(OC)c1OC. The average Bonchev–Trinajstić information content (AvgIpc) is 2.95. The fraction of sp³-hybridized carbons (Fsp3) is 0.500. The van der Waals surface area contributed by atoms with Crippen molar-refractivity contribution in [3.63, 3.8) is 0 Å². The number of rotatable bonds is 9. The molecule has 0 saturated carbocycles. The van der Waals surface area contributed by atoms with Gasteiger partial charge in [-0.15, -0.1) is 0 Å². The van der Waals surface area contributed by atoms with Gasteiger partial charge in [-0.3, -0.25) is 9.48 Å². The van der Waals surface area contributed by atoms with Gasteiger partial charge in [0.15, 0.2) is 11.5 Å². The van der Waals surface area contributed by atoms with Gasteiger partial charge in [0, 0.05) is 18.8 Å². The Hall–Kier alpha value is -2.70. The van der Waals surface area contributed by atoms with E-state index in [2.05, 4.69) is 23.4 Å². The van der Waals surface area contributed by atoms with E-state index < -0.39 is 0 Å². The molecule has 1 atom stereocenters. The normalized spacial score (nSPS) is 11.8. The molecule has 2 rings (SSSR count). The van der Waals surface area contributed by atoms with E-state index in [1.807, 2.05) is 18.5 Å². The molecule has 148 valence electrons. The highest BCUT2D eigenvalue weighted by atomic mass is 16.5. The first-order valence-corrected chi connectivity index (χ1v) is 8.94. The number of hydrogen-bond acceptors (Lipinski definition) is 5. The summed E-state index contributed by atoms with van der Waals surface area (Å²) in [4.78, 5) is 12.3. The van der Waals surface area contributed by atoms with E-state index in [-0.39, 0.29) is 18.2 Å². The van der Waals surface area contributed by atoms with Crippen molar-refractivity contribution < 1.29 is 19.0 Å². The molecule has 0 radical (unpaired) electrons. The third-order valence-electron chi connectivity index (χ3n) is 4.32. The maximum Gasteiger partial charge on any atom is 0.224 e. The van der Waals surface area contributed by atoms with Gasteiger partial charge in [0.2, 0.25) is 11.7 Å². The van der Waals surface area contributed by atoms with Gasteiger partial charge in [-0.25, -0.2) is 0 Å². The Labute approximate surface area is 160 Å². The minimum atomic E-state index is -0.0514. The number of ether oxygens (including phenoxy) is 3. The van der Waals surface area contributed by atoms with Crippen LogP contribution in [-0.4, -0.2) is 43.6 Å². The van der Waals surface area contributed by atoms with Crippen molar-refractivity contribution in [2.45, 2.75) is 33.7 Å². The van der Waals surface area contributed by atoms with Crippen LogP contribution < -0.4 is 19.5 Å². The zero-order valence-corrected chi connectivity index (χ0v) is 17.0.